The molecular formula is C18H17NO2. The maximum absolute atomic E-state index is 11.2. The van der Waals surface area contributed by atoms with Crippen LogP contribution in [0.5, 0.6) is 5.75 Å². The largest absolute Gasteiger partial charge is 0.489 e. The number of carbonyl (C=O) groups is 1. The standard InChI is InChI=1S/C18H17NO2/c1-2-19-11-15(12-20)17-10-16(8-9-18(17)19)21-13-14-6-4-3-5-7-14/h3-12H,2,13H2,1H3. The van der Waals surface area contributed by atoms with Gasteiger partial charge in [-0.2, -0.15) is 0 Å². The van der Waals surface area contributed by atoms with Gasteiger partial charge in [0.2, 0.25) is 0 Å². The number of hydrogen-bond acceptors (Lipinski definition) is 2. The quantitative estimate of drug-likeness (QED) is 0.660. The number of hydrogen-bond donors (Lipinski definition) is 0. The van der Waals surface area contributed by atoms with Crippen molar-refractivity contribution in [2.75, 3.05) is 0 Å². The summed E-state index contributed by atoms with van der Waals surface area (Å²) in [4.78, 5) is 11.2. The molecule has 2 aromatic carbocycles. The Morgan fingerprint density at radius 3 is 2.67 bits per heavy atom. The van der Waals surface area contributed by atoms with Crippen LogP contribution in [-0.4, -0.2) is 10.9 Å². The van der Waals surface area contributed by atoms with E-state index in [2.05, 4.69) is 11.5 Å². The first-order valence-electron chi connectivity index (χ1n) is 7.06. The first-order valence-corrected chi connectivity index (χ1v) is 7.06. The lowest BCUT2D eigenvalue weighted by Crippen LogP contribution is -1.95. The summed E-state index contributed by atoms with van der Waals surface area (Å²) in [6.45, 7) is 3.43. The van der Waals surface area contributed by atoms with E-state index < -0.39 is 0 Å². The zero-order valence-electron chi connectivity index (χ0n) is 12.0. The zero-order valence-corrected chi connectivity index (χ0v) is 12.0. The van der Waals surface area contributed by atoms with Gasteiger partial charge in [0, 0.05) is 29.2 Å². The third kappa shape index (κ3) is 2.68. The lowest BCUT2D eigenvalue weighted by Gasteiger charge is -2.07. The molecule has 3 nitrogen and oxygen atoms in total. The number of rotatable bonds is 5. The van der Waals surface area contributed by atoms with Crippen LogP contribution in [0.4, 0.5) is 0 Å². The summed E-state index contributed by atoms with van der Waals surface area (Å²) in [6.07, 6.45) is 2.79. The Morgan fingerprint density at radius 1 is 1.14 bits per heavy atom. The summed E-state index contributed by atoms with van der Waals surface area (Å²) >= 11 is 0. The number of aldehydes is 1. The molecule has 0 atom stereocenters. The highest BCUT2D eigenvalue weighted by atomic mass is 16.5. The molecule has 0 aliphatic rings. The Labute approximate surface area is 123 Å². The lowest BCUT2D eigenvalue weighted by atomic mass is 10.2. The molecule has 3 aromatic rings. The molecule has 0 radical (unpaired) electrons. The summed E-state index contributed by atoms with van der Waals surface area (Å²) in [5, 5.41) is 0.942. The third-order valence-corrected chi connectivity index (χ3v) is 3.60. The second-order valence-electron chi connectivity index (χ2n) is 4.94. The van der Waals surface area contributed by atoms with E-state index in [0.717, 1.165) is 35.0 Å². The first kappa shape index (κ1) is 13.4. The van der Waals surface area contributed by atoms with Crippen LogP contribution in [0.3, 0.4) is 0 Å². The van der Waals surface area contributed by atoms with Crippen molar-refractivity contribution < 1.29 is 9.53 Å². The van der Waals surface area contributed by atoms with Crippen LogP contribution in [0, 0.1) is 0 Å². The minimum atomic E-state index is 0.525. The van der Waals surface area contributed by atoms with E-state index in [-0.39, 0.29) is 0 Å². The maximum Gasteiger partial charge on any atom is 0.152 e. The Kier molecular flexibility index (Phi) is 3.73. The van der Waals surface area contributed by atoms with Crippen LogP contribution in [-0.2, 0) is 13.2 Å². The van der Waals surface area contributed by atoms with Gasteiger partial charge in [-0.05, 0) is 30.7 Å². The van der Waals surface area contributed by atoms with E-state index in [4.69, 9.17) is 4.74 Å². The van der Waals surface area contributed by atoms with Gasteiger partial charge in [0.15, 0.2) is 6.29 Å². The summed E-state index contributed by atoms with van der Waals surface area (Å²) in [5.41, 5.74) is 2.89. The molecule has 21 heavy (non-hydrogen) atoms. The van der Waals surface area contributed by atoms with Crippen molar-refractivity contribution in [3.05, 3.63) is 65.9 Å². The summed E-state index contributed by atoms with van der Waals surface area (Å²) in [7, 11) is 0. The monoisotopic (exact) mass is 279 g/mol. The summed E-state index contributed by atoms with van der Waals surface area (Å²) in [5.74, 6) is 0.781. The van der Waals surface area contributed by atoms with Gasteiger partial charge in [0.1, 0.15) is 12.4 Å². The zero-order chi connectivity index (χ0) is 14.7. The van der Waals surface area contributed by atoms with Crippen molar-refractivity contribution in [1.82, 2.24) is 4.57 Å². The van der Waals surface area contributed by atoms with Gasteiger partial charge in [-0.25, -0.2) is 0 Å². The predicted molar refractivity (Wildman–Crippen MR) is 83.8 cm³/mol. The third-order valence-electron chi connectivity index (χ3n) is 3.60. The predicted octanol–water partition coefficient (Wildman–Crippen LogP) is 4.05. The van der Waals surface area contributed by atoms with Gasteiger partial charge in [0.25, 0.3) is 0 Å². The van der Waals surface area contributed by atoms with Crippen molar-refractivity contribution in [1.29, 1.82) is 0 Å². The average Bonchev–Trinajstić information content (AvgIpc) is 2.91. The van der Waals surface area contributed by atoms with Crippen molar-refractivity contribution in [3.8, 4) is 5.75 Å². The number of aryl methyl sites for hydroxylation is 1. The number of aromatic nitrogens is 1. The minimum absolute atomic E-state index is 0.525. The molecule has 106 valence electrons. The molecule has 0 saturated heterocycles. The minimum Gasteiger partial charge on any atom is -0.489 e. The molecule has 0 unspecified atom stereocenters. The molecule has 0 bridgehead atoms. The molecule has 0 amide bonds. The van der Waals surface area contributed by atoms with E-state index in [1.54, 1.807) is 0 Å². The Hall–Kier alpha value is -2.55. The van der Waals surface area contributed by atoms with Gasteiger partial charge in [-0.15, -0.1) is 0 Å². The average molecular weight is 279 g/mol. The fourth-order valence-electron chi connectivity index (χ4n) is 2.49. The van der Waals surface area contributed by atoms with Crippen molar-refractivity contribution in [2.45, 2.75) is 20.1 Å². The number of benzene rings is 2. The first-order chi connectivity index (χ1) is 10.3. The highest BCUT2D eigenvalue weighted by Gasteiger charge is 2.08. The molecule has 1 heterocycles. The second-order valence-corrected chi connectivity index (χ2v) is 4.94. The lowest BCUT2D eigenvalue weighted by molar-refractivity contribution is 0.112. The smallest absolute Gasteiger partial charge is 0.152 e. The number of fused-ring (bicyclic) bond motifs is 1. The van der Waals surface area contributed by atoms with Crippen molar-refractivity contribution >= 4 is 17.2 Å². The van der Waals surface area contributed by atoms with E-state index in [9.17, 15) is 4.79 Å². The van der Waals surface area contributed by atoms with Crippen LogP contribution in [0.15, 0.2) is 54.7 Å². The number of ether oxygens (including phenoxy) is 1. The normalized spacial score (nSPS) is 10.7. The van der Waals surface area contributed by atoms with Crippen LogP contribution >= 0.6 is 0 Å². The fourth-order valence-corrected chi connectivity index (χ4v) is 2.49. The molecule has 3 heteroatoms. The van der Waals surface area contributed by atoms with Crippen molar-refractivity contribution in [2.24, 2.45) is 0 Å². The Bertz CT molecular complexity index is 759. The van der Waals surface area contributed by atoms with E-state index in [1.165, 1.54) is 0 Å². The second kappa shape index (κ2) is 5.83. The molecule has 3 rings (SSSR count). The maximum atomic E-state index is 11.2. The highest BCUT2D eigenvalue weighted by Crippen LogP contribution is 2.25. The van der Waals surface area contributed by atoms with E-state index in [0.29, 0.717) is 12.2 Å². The topological polar surface area (TPSA) is 31.2 Å². The van der Waals surface area contributed by atoms with Gasteiger partial charge in [-0.3, -0.25) is 4.79 Å². The fraction of sp³-hybridized carbons (Fsp3) is 0.167. The molecular weight excluding hydrogens is 262 g/mol. The summed E-state index contributed by atoms with van der Waals surface area (Å²) < 4.78 is 7.89. The van der Waals surface area contributed by atoms with Crippen LogP contribution < -0.4 is 4.74 Å². The molecule has 0 aliphatic carbocycles. The van der Waals surface area contributed by atoms with Crippen molar-refractivity contribution in [3.63, 3.8) is 0 Å². The van der Waals surface area contributed by atoms with Crippen LogP contribution in [0.1, 0.15) is 22.8 Å². The molecule has 1 aromatic heterocycles. The molecule has 0 fully saturated rings. The van der Waals surface area contributed by atoms with Crippen LogP contribution in [0.25, 0.3) is 10.9 Å². The highest BCUT2D eigenvalue weighted by molar-refractivity contribution is 5.98. The van der Waals surface area contributed by atoms with Gasteiger partial charge >= 0.3 is 0 Å². The van der Waals surface area contributed by atoms with E-state index >= 15 is 0 Å². The summed E-state index contributed by atoms with van der Waals surface area (Å²) in [6, 6.07) is 15.9. The molecule has 0 aliphatic heterocycles. The van der Waals surface area contributed by atoms with Gasteiger partial charge in [-0.1, -0.05) is 30.3 Å². The van der Waals surface area contributed by atoms with Crippen LogP contribution in [0.2, 0.25) is 0 Å². The van der Waals surface area contributed by atoms with E-state index in [1.807, 2.05) is 54.7 Å². The van der Waals surface area contributed by atoms with Gasteiger partial charge in [0.05, 0.1) is 0 Å². The van der Waals surface area contributed by atoms with Gasteiger partial charge < -0.3 is 9.30 Å². The number of nitrogens with zero attached hydrogens (tertiary/aromatic N) is 1. The number of carbonyl (C=O) groups excluding carboxylic acids is 1. The Balaban J connectivity index is 1.88. The molecule has 0 saturated carbocycles. The SMILES string of the molecule is CCn1cc(C=O)c2cc(OCc3ccccc3)ccc21. The molecule has 0 N–H and O–H groups in total. The Morgan fingerprint density at radius 2 is 1.95 bits per heavy atom. The molecule has 0 spiro atoms.